The number of hydrogen-bond donors (Lipinski definition) is 1. The fourth-order valence-corrected chi connectivity index (χ4v) is 3.89. The van der Waals surface area contributed by atoms with E-state index in [1.54, 1.807) is 31.4 Å². The van der Waals surface area contributed by atoms with Crippen molar-refractivity contribution in [3.63, 3.8) is 0 Å². The molecule has 1 aliphatic rings. The van der Waals surface area contributed by atoms with Crippen LogP contribution in [-0.2, 0) is 17.6 Å². The average molecular weight is 422 g/mol. The number of carbonyl (C=O) groups is 3. The zero-order valence-corrected chi connectivity index (χ0v) is 16.9. The fraction of sp³-hybridized carbons (Fsp3) is 0.190. The van der Waals surface area contributed by atoms with E-state index in [0.717, 1.165) is 27.6 Å². The predicted octanol–water partition coefficient (Wildman–Crippen LogP) is 2.57. The van der Waals surface area contributed by atoms with Gasteiger partial charge in [0.1, 0.15) is 17.3 Å². The summed E-state index contributed by atoms with van der Waals surface area (Å²) in [4.78, 5) is 38.0. The second-order valence-electron chi connectivity index (χ2n) is 6.64. The van der Waals surface area contributed by atoms with Gasteiger partial charge in [0.25, 0.3) is 11.8 Å². The van der Waals surface area contributed by atoms with E-state index >= 15 is 0 Å². The van der Waals surface area contributed by atoms with E-state index in [2.05, 4.69) is 15.5 Å². The van der Waals surface area contributed by atoms with E-state index in [-0.39, 0.29) is 6.54 Å². The molecule has 0 saturated heterocycles. The van der Waals surface area contributed by atoms with Gasteiger partial charge >= 0.3 is 0 Å². The first-order valence-electron chi connectivity index (χ1n) is 9.25. The molecule has 0 atom stereocenters. The minimum absolute atomic E-state index is 0.312. The molecule has 4 rings (SSSR count). The van der Waals surface area contributed by atoms with Crippen molar-refractivity contribution in [3.8, 4) is 5.75 Å². The molecule has 30 heavy (non-hydrogen) atoms. The van der Waals surface area contributed by atoms with Crippen LogP contribution in [0, 0.1) is 0 Å². The Hall–Kier alpha value is -3.59. The lowest BCUT2D eigenvalue weighted by atomic mass is 10.1. The van der Waals surface area contributed by atoms with E-state index in [1.807, 2.05) is 24.3 Å². The van der Waals surface area contributed by atoms with Crippen LogP contribution in [0.3, 0.4) is 0 Å². The average Bonchev–Trinajstić information content (AvgIpc) is 3.31. The van der Waals surface area contributed by atoms with Crippen molar-refractivity contribution in [1.29, 1.82) is 0 Å². The Morgan fingerprint density at radius 1 is 1.00 bits per heavy atom. The number of imide groups is 1. The van der Waals surface area contributed by atoms with Gasteiger partial charge in [0.15, 0.2) is 0 Å². The van der Waals surface area contributed by atoms with Crippen LogP contribution < -0.4 is 10.1 Å². The molecule has 2 aromatic carbocycles. The third-order valence-electron chi connectivity index (χ3n) is 4.68. The van der Waals surface area contributed by atoms with Gasteiger partial charge in [-0.2, -0.15) is 0 Å². The number of nitrogens with one attached hydrogen (secondary N) is 1. The van der Waals surface area contributed by atoms with Crippen molar-refractivity contribution in [1.82, 2.24) is 15.1 Å². The first-order chi connectivity index (χ1) is 14.5. The largest absolute Gasteiger partial charge is 0.497 e. The lowest BCUT2D eigenvalue weighted by Crippen LogP contribution is -2.37. The number of ether oxygens (including phenoxy) is 1. The number of fused-ring (bicyclic) bond motifs is 1. The normalized spacial score (nSPS) is 12.8. The monoisotopic (exact) mass is 422 g/mol. The molecule has 0 unspecified atom stereocenters. The quantitative estimate of drug-likeness (QED) is 0.587. The lowest BCUT2D eigenvalue weighted by molar-refractivity contribution is -0.116. The van der Waals surface area contributed by atoms with Gasteiger partial charge in [-0.05, 0) is 36.2 Å². The first-order valence-corrected chi connectivity index (χ1v) is 10.1. The van der Waals surface area contributed by atoms with Gasteiger partial charge in [-0.25, -0.2) is 0 Å². The van der Waals surface area contributed by atoms with Crippen molar-refractivity contribution in [2.24, 2.45) is 0 Å². The predicted molar refractivity (Wildman–Crippen MR) is 111 cm³/mol. The Morgan fingerprint density at radius 3 is 2.30 bits per heavy atom. The molecular formula is C21H18N4O4S. The van der Waals surface area contributed by atoms with Crippen molar-refractivity contribution < 1.29 is 19.1 Å². The molecule has 0 radical (unpaired) electrons. The second-order valence-corrected chi connectivity index (χ2v) is 7.70. The molecule has 1 N–H and O–H groups in total. The van der Waals surface area contributed by atoms with Crippen LogP contribution in [-0.4, -0.2) is 46.5 Å². The van der Waals surface area contributed by atoms with E-state index in [4.69, 9.17) is 4.74 Å². The molecule has 0 fully saturated rings. The van der Waals surface area contributed by atoms with Gasteiger partial charge in [0, 0.05) is 6.42 Å². The number of methoxy groups -OCH3 is 1. The van der Waals surface area contributed by atoms with E-state index in [0.29, 0.717) is 22.7 Å². The zero-order chi connectivity index (χ0) is 21.1. The molecule has 0 bridgehead atoms. The van der Waals surface area contributed by atoms with Crippen LogP contribution in [0.5, 0.6) is 5.75 Å². The summed E-state index contributed by atoms with van der Waals surface area (Å²) in [6.07, 6.45) is 1.46. The fourth-order valence-electron chi connectivity index (χ4n) is 3.13. The molecule has 1 aliphatic heterocycles. The van der Waals surface area contributed by atoms with Crippen LogP contribution in [0.15, 0.2) is 48.5 Å². The summed E-state index contributed by atoms with van der Waals surface area (Å²) >= 11 is 1.27. The zero-order valence-electron chi connectivity index (χ0n) is 16.1. The summed E-state index contributed by atoms with van der Waals surface area (Å²) in [5, 5.41) is 11.8. The summed E-state index contributed by atoms with van der Waals surface area (Å²) in [6.45, 7) is -0.368. The highest BCUT2D eigenvalue weighted by Crippen LogP contribution is 2.23. The molecule has 3 aromatic rings. The number of aryl methyl sites for hydroxylation is 2. The van der Waals surface area contributed by atoms with Crippen LogP contribution in [0.25, 0.3) is 0 Å². The summed E-state index contributed by atoms with van der Waals surface area (Å²) in [5.74, 6) is -0.633. The number of rotatable bonds is 7. The molecule has 0 saturated carbocycles. The number of nitrogens with zero attached hydrogens (tertiary/aromatic N) is 3. The molecule has 0 spiro atoms. The molecular weight excluding hydrogens is 404 g/mol. The van der Waals surface area contributed by atoms with Crippen molar-refractivity contribution in [2.45, 2.75) is 12.8 Å². The maximum atomic E-state index is 12.4. The maximum Gasteiger partial charge on any atom is 0.262 e. The van der Waals surface area contributed by atoms with Gasteiger partial charge in [-0.15, -0.1) is 10.2 Å². The lowest BCUT2D eigenvalue weighted by Gasteiger charge is -2.12. The van der Waals surface area contributed by atoms with Crippen LogP contribution in [0.1, 0.15) is 31.3 Å². The Kier molecular flexibility index (Phi) is 5.53. The van der Waals surface area contributed by atoms with Crippen LogP contribution in [0.4, 0.5) is 5.13 Å². The Bertz CT molecular complexity index is 1080. The highest BCUT2D eigenvalue weighted by molar-refractivity contribution is 7.15. The Balaban J connectivity index is 1.32. The molecule has 0 aliphatic carbocycles. The van der Waals surface area contributed by atoms with Crippen molar-refractivity contribution in [2.75, 3.05) is 19.0 Å². The Morgan fingerprint density at radius 2 is 1.67 bits per heavy atom. The van der Waals surface area contributed by atoms with E-state index in [9.17, 15) is 14.4 Å². The van der Waals surface area contributed by atoms with Crippen LogP contribution >= 0.6 is 11.3 Å². The SMILES string of the molecule is COc1ccc(CCc2nnc(NC(=O)CN3C(=O)c4ccccc4C3=O)s2)cc1. The molecule has 8 nitrogen and oxygen atoms in total. The van der Waals surface area contributed by atoms with Gasteiger partial charge in [-0.1, -0.05) is 35.6 Å². The number of hydrogen-bond acceptors (Lipinski definition) is 7. The minimum Gasteiger partial charge on any atom is -0.497 e. The number of benzene rings is 2. The Labute approximate surface area is 176 Å². The summed E-state index contributed by atoms with van der Waals surface area (Å²) in [7, 11) is 1.63. The molecule has 9 heteroatoms. The smallest absolute Gasteiger partial charge is 0.262 e. The molecule has 1 aromatic heterocycles. The first kappa shape index (κ1) is 19.7. The van der Waals surface area contributed by atoms with Crippen molar-refractivity contribution in [3.05, 3.63) is 70.2 Å². The molecule has 152 valence electrons. The van der Waals surface area contributed by atoms with E-state index in [1.165, 1.54) is 11.3 Å². The number of carbonyl (C=O) groups excluding carboxylic acids is 3. The highest BCUT2D eigenvalue weighted by Gasteiger charge is 2.36. The second kappa shape index (κ2) is 8.42. The summed E-state index contributed by atoms with van der Waals surface area (Å²) in [5.41, 5.74) is 1.77. The third kappa shape index (κ3) is 4.06. The summed E-state index contributed by atoms with van der Waals surface area (Å²) < 4.78 is 5.15. The minimum atomic E-state index is -0.498. The van der Waals surface area contributed by atoms with Gasteiger partial charge < -0.3 is 4.74 Å². The number of anilines is 1. The maximum absolute atomic E-state index is 12.4. The van der Waals surface area contributed by atoms with Gasteiger partial charge in [-0.3, -0.25) is 24.6 Å². The number of amides is 3. The topological polar surface area (TPSA) is 101 Å². The standard InChI is InChI=1S/C21H18N4O4S/c1-29-14-9-6-13(7-10-14)8-11-18-23-24-21(30-18)22-17(26)12-25-19(27)15-4-2-3-5-16(15)20(25)28/h2-7,9-10H,8,11-12H2,1H3,(H,22,24,26). The van der Waals surface area contributed by atoms with Gasteiger partial charge in [0.05, 0.1) is 18.2 Å². The van der Waals surface area contributed by atoms with Crippen LogP contribution in [0.2, 0.25) is 0 Å². The number of aromatic nitrogens is 2. The third-order valence-corrected chi connectivity index (χ3v) is 5.58. The van der Waals surface area contributed by atoms with Gasteiger partial charge in [0.2, 0.25) is 11.0 Å². The molecule has 2 heterocycles. The highest BCUT2D eigenvalue weighted by atomic mass is 32.1. The summed E-state index contributed by atoms with van der Waals surface area (Å²) in [6, 6.07) is 14.3. The molecule has 3 amide bonds. The van der Waals surface area contributed by atoms with E-state index < -0.39 is 17.7 Å². The van der Waals surface area contributed by atoms with Crippen molar-refractivity contribution >= 4 is 34.2 Å².